The fourth-order valence-electron chi connectivity index (χ4n) is 3.89. The third-order valence-corrected chi connectivity index (χ3v) is 7.55. The molecule has 0 saturated carbocycles. The molecule has 31 heavy (non-hydrogen) atoms. The molecule has 4 rings (SSSR count). The molecule has 0 bridgehead atoms. The lowest BCUT2D eigenvalue weighted by atomic mass is 10.0. The fraction of sp³-hybridized carbons (Fsp3) is 0.318. The van der Waals surface area contributed by atoms with E-state index in [1.165, 1.54) is 6.26 Å². The Bertz CT molecular complexity index is 1280. The van der Waals surface area contributed by atoms with Crippen LogP contribution in [0.3, 0.4) is 0 Å². The number of benzene rings is 2. The van der Waals surface area contributed by atoms with E-state index >= 15 is 0 Å². The standard InChI is InChI=1S/C22H23N4O3S2/c1-14(2)29-21-10-7-16(11-15(21)12-23)30-13-24-25-22(30)19-6-4-5-18-17(19)8-9-20(18)26-31(3,27)28/h4-7,10-11,13-14,20,26H,8-9H2,1-3H3/q+1/t20-,30?/m0/s1. The lowest BCUT2D eigenvalue weighted by molar-refractivity contribution is 0.242. The van der Waals surface area contributed by atoms with Crippen LogP contribution in [0.15, 0.2) is 41.9 Å². The summed E-state index contributed by atoms with van der Waals surface area (Å²) < 4.78 is 31.9. The Morgan fingerprint density at radius 1 is 1.29 bits per heavy atom. The highest BCUT2D eigenvalue weighted by Crippen LogP contribution is 2.45. The van der Waals surface area contributed by atoms with E-state index in [-0.39, 0.29) is 12.1 Å². The minimum Gasteiger partial charge on any atom is -0.490 e. The van der Waals surface area contributed by atoms with Crippen molar-refractivity contribution in [1.82, 2.24) is 14.9 Å². The van der Waals surface area contributed by atoms with Gasteiger partial charge in [-0.15, -0.1) is 0 Å². The first-order valence-electron chi connectivity index (χ1n) is 9.91. The van der Waals surface area contributed by atoms with Crippen LogP contribution in [0.4, 0.5) is 0 Å². The van der Waals surface area contributed by atoms with E-state index in [0.717, 1.165) is 33.0 Å². The molecule has 1 aromatic heterocycles. The van der Waals surface area contributed by atoms with Crippen LogP contribution in [-0.4, -0.2) is 31.0 Å². The summed E-state index contributed by atoms with van der Waals surface area (Å²) in [6.07, 6.45) is 2.63. The minimum absolute atomic E-state index is 0.0223. The summed E-state index contributed by atoms with van der Waals surface area (Å²) >= 11 is 0. The topological polar surface area (TPSA) is 105 Å². The van der Waals surface area contributed by atoms with Gasteiger partial charge in [0.05, 0.1) is 34.0 Å². The van der Waals surface area contributed by atoms with Crippen LogP contribution >= 0.6 is 10.5 Å². The molecule has 1 aliphatic rings. The smallest absolute Gasteiger partial charge is 0.299 e. The number of fused-ring (bicyclic) bond motifs is 1. The van der Waals surface area contributed by atoms with Crippen LogP contribution in [0.2, 0.25) is 0 Å². The van der Waals surface area contributed by atoms with Gasteiger partial charge in [0.15, 0.2) is 4.90 Å². The van der Waals surface area contributed by atoms with E-state index in [9.17, 15) is 13.7 Å². The number of ether oxygens (including phenoxy) is 1. The number of hydrogen-bond donors (Lipinski definition) is 1. The quantitative estimate of drug-likeness (QED) is 0.562. The Hall–Kier alpha value is -2.80. The van der Waals surface area contributed by atoms with Gasteiger partial charge in [-0.05, 0) is 49.9 Å². The molecule has 2 aromatic carbocycles. The minimum atomic E-state index is -3.30. The zero-order valence-corrected chi connectivity index (χ0v) is 19.1. The van der Waals surface area contributed by atoms with E-state index < -0.39 is 20.5 Å². The third-order valence-electron chi connectivity index (χ3n) is 5.05. The Labute approximate surface area is 184 Å². The summed E-state index contributed by atoms with van der Waals surface area (Å²) in [6, 6.07) is 13.5. The fourth-order valence-corrected chi connectivity index (χ4v) is 6.26. The molecule has 0 amide bonds. The van der Waals surface area contributed by atoms with Gasteiger partial charge in [0.25, 0.3) is 10.5 Å². The van der Waals surface area contributed by atoms with Crippen LogP contribution in [-0.2, 0) is 16.4 Å². The van der Waals surface area contributed by atoms with Crippen molar-refractivity contribution in [3.05, 3.63) is 58.6 Å². The summed E-state index contributed by atoms with van der Waals surface area (Å²) in [5.74, 6) is 0.565. The Morgan fingerprint density at radius 3 is 2.81 bits per heavy atom. The van der Waals surface area contributed by atoms with Crippen molar-refractivity contribution in [3.8, 4) is 27.3 Å². The maximum atomic E-state index is 11.7. The summed E-state index contributed by atoms with van der Waals surface area (Å²) in [5, 5.41) is 19.0. The van der Waals surface area contributed by atoms with Crippen LogP contribution in [0.25, 0.3) is 15.5 Å². The zero-order chi connectivity index (χ0) is 22.2. The van der Waals surface area contributed by atoms with Crippen molar-refractivity contribution in [2.75, 3.05) is 6.26 Å². The lowest BCUT2D eigenvalue weighted by Crippen LogP contribution is -2.25. The molecule has 1 N–H and O–H groups in total. The normalized spacial score (nSPS) is 16.2. The molecule has 0 aliphatic heterocycles. The van der Waals surface area contributed by atoms with Crippen LogP contribution in [0.1, 0.15) is 43.0 Å². The van der Waals surface area contributed by atoms with E-state index in [4.69, 9.17) is 4.74 Å². The number of hydrogen-bond acceptors (Lipinski definition) is 6. The van der Waals surface area contributed by atoms with Gasteiger partial charge >= 0.3 is 0 Å². The number of nitrogens with one attached hydrogen (secondary N) is 1. The largest absolute Gasteiger partial charge is 0.490 e. The van der Waals surface area contributed by atoms with Gasteiger partial charge in [-0.3, -0.25) is 0 Å². The maximum absolute atomic E-state index is 11.7. The van der Waals surface area contributed by atoms with Crippen molar-refractivity contribution >= 4 is 20.5 Å². The number of sulfonamides is 1. The predicted octanol–water partition coefficient (Wildman–Crippen LogP) is 4.08. The average molecular weight is 456 g/mol. The Balaban J connectivity index is 1.75. The van der Waals surface area contributed by atoms with Crippen molar-refractivity contribution in [1.29, 1.82) is 5.26 Å². The molecule has 1 unspecified atom stereocenters. The van der Waals surface area contributed by atoms with E-state index in [1.54, 1.807) is 5.51 Å². The van der Waals surface area contributed by atoms with Crippen molar-refractivity contribution in [2.45, 2.75) is 38.8 Å². The van der Waals surface area contributed by atoms with Crippen molar-refractivity contribution in [2.24, 2.45) is 0 Å². The number of rotatable bonds is 6. The number of nitriles is 1. The van der Waals surface area contributed by atoms with Crippen molar-refractivity contribution < 1.29 is 13.2 Å². The van der Waals surface area contributed by atoms with Gasteiger partial charge in [0.2, 0.25) is 10.0 Å². The van der Waals surface area contributed by atoms with Crippen molar-refractivity contribution in [3.63, 3.8) is 0 Å². The highest BCUT2D eigenvalue weighted by Gasteiger charge is 2.31. The zero-order valence-electron chi connectivity index (χ0n) is 17.5. The molecule has 0 radical (unpaired) electrons. The van der Waals surface area contributed by atoms with Gasteiger partial charge < -0.3 is 4.74 Å². The second-order valence-corrected chi connectivity index (χ2v) is 11.3. The highest BCUT2D eigenvalue weighted by atomic mass is 32.2. The molecule has 9 heteroatoms. The molecule has 0 fully saturated rings. The molecule has 7 nitrogen and oxygen atoms in total. The Morgan fingerprint density at radius 2 is 2.10 bits per heavy atom. The maximum Gasteiger partial charge on any atom is 0.299 e. The first-order valence-corrected chi connectivity index (χ1v) is 13.1. The first-order chi connectivity index (χ1) is 14.8. The summed E-state index contributed by atoms with van der Waals surface area (Å²) in [6.45, 7) is 3.85. The van der Waals surface area contributed by atoms with Gasteiger partial charge in [-0.25, -0.2) is 13.1 Å². The van der Waals surface area contributed by atoms with Crippen LogP contribution in [0, 0.1) is 11.3 Å². The molecule has 2 atom stereocenters. The van der Waals surface area contributed by atoms with Gasteiger partial charge in [0.1, 0.15) is 11.8 Å². The highest BCUT2D eigenvalue weighted by molar-refractivity contribution is 7.88. The van der Waals surface area contributed by atoms with E-state index in [2.05, 4.69) is 21.0 Å². The SMILES string of the molecule is CC(C)Oc1ccc(-[s+]2cnnc2-c2cccc3c2CC[C@@H]3NS(C)(=O)=O)cc1C#N. The van der Waals surface area contributed by atoms with E-state index in [1.807, 2.05) is 50.2 Å². The van der Waals surface area contributed by atoms with Crippen LogP contribution in [0.5, 0.6) is 5.75 Å². The van der Waals surface area contributed by atoms with Crippen LogP contribution < -0.4 is 9.46 Å². The molecule has 1 aliphatic carbocycles. The summed E-state index contributed by atoms with van der Waals surface area (Å²) in [5.41, 5.74) is 5.35. The Kier molecular flexibility index (Phi) is 5.79. The molecule has 1 heterocycles. The number of nitrogens with zero attached hydrogens (tertiary/aromatic N) is 3. The molecular weight excluding hydrogens is 432 g/mol. The lowest BCUT2D eigenvalue weighted by Gasteiger charge is -2.12. The monoisotopic (exact) mass is 455 g/mol. The molecule has 0 saturated heterocycles. The predicted molar refractivity (Wildman–Crippen MR) is 121 cm³/mol. The third kappa shape index (κ3) is 4.46. The number of aromatic nitrogens is 2. The molecular formula is C22H23N4O3S2+. The van der Waals surface area contributed by atoms with E-state index in [0.29, 0.717) is 17.7 Å². The molecule has 0 spiro atoms. The first kappa shape index (κ1) is 21.4. The second kappa shape index (κ2) is 8.38. The van der Waals surface area contributed by atoms with Gasteiger partial charge in [-0.2, -0.15) is 5.26 Å². The van der Waals surface area contributed by atoms with Gasteiger partial charge in [-0.1, -0.05) is 22.3 Å². The molecule has 3 aromatic rings. The second-order valence-electron chi connectivity index (χ2n) is 7.75. The summed E-state index contributed by atoms with van der Waals surface area (Å²) in [7, 11) is -3.82. The average Bonchev–Trinajstić information content (AvgIpc) is 3.34. The summed E-state index contributed by atoms with van der Waals surface area (Å²) in [4.78, 5) is 0.939. The van der Waals surface area contributed by atoms with Gasteiger partial charge in [0, 0.05) is 18.2 Å². The molecule has 160 valence electrons.